The zero-order chi connectivity index (χ0) is 12.3. The molecule has 1 aliphatic carbocycles. The van der Waals surface area contributed by atoms with E-state index in [-0.39, 0.29) is 0 Å². The molecule has 1 amide bonds. The number of hydrogen-bond acceptors (Lipinski definition) is 1. The van der Waals surface area contributed by atoms with E-state index < -0.39 is 0 Å². The van der Waals surface area contributed by atoms with Gasteiger partial charge in [0.05, 0.1) is 0 Å². The van der Waals surface area contributed by atoms with Gasteiger partial charge in [0.2, 0.25) is 5.91 Å². The third-order valence-electron chi connectivity index (χ3n) is 4.41. The lowest BCUT2D eigenvalue weighted by atomic mass is 9.86. The third-order valence-corrected chi connectivity index (χ3v) is 5.60. The summed E-state index contributed by atoms with van der Waals surface area (Å²) in [6.45, 7) is 4.14. The van der Waals surface area contributed by atoms with Crippen molar-refractivity contribution in [2.45, 2.75) is 56.7 Å². The van der Waals surface area contributed by atoms with E-state index in [2.05, 4.69) is 27.8 Å². The summed E-state index contributed by atoms with van der Waals surface area (Å²) in [4.78, 5) is 14.8. The van der Waals surface area contributed by atoms with E-state index in [4.69, 9.17) is 0 Å². The van der Waals surface area contributed by atoms with Crippen molar-refractivity contribution in [1.82, 2.24) is 4.90 Å². The number of likely N-dealkylation sites (tertiary alicyclic amines) is 1. The van der Waals surface area contributed by atoms with Crippen molar-refractivity contribution in [3.05, 3.63) is 0 Å². The Hall–Kier alpha value is -0.0500. The highest BCUT2D eigenvalue weighted by atomic mass is 79.9. The van der Waals surface area contributed by atoms with Gasteiger partial charge in [-0.1, -0.05) is 42.1 Å². The second-order valence-corrected chi connectivity index (χ2v) is 7.01. The Morgan fingerprint density at radius 1 is 1.24 bits per heavy atom. The zero-order valence-corrected chi connectivity index (χ0v) is 12.4. The molecular weight excluding hydrogens is 278 g/mol. The molecule has 0 spiro atoms. The van der Waals surface area contributed by atoms with Crippen LogP contribution in [0.2, 0.25) is 0 Å². The number of amides is 1. The third kappa shape index (κ3) is 3.70. The largest absolute Gasteiger partial charge is 0.342 e. The Morgan fingerprint density at radius 3 is 2.59 bits per heavy atom. The molecule has 98 valence electrons. The maximum Gasteiger partial charge on any atom is 0.222 e. The minimum Gasteiger partial charge on any atom is -0.342 e. The van der Waals surface area contributed by atoms with Crippen LogP contribution in [0.25, 0.3) is 0 Å². The molecule has 2 atom stereocenters. The van der Waals surface area contributed by atoms with Crippen LogP contribution in [0, 0.1) is 11.8 Å². The fourth-order valence-corrected chi connectivity index (χ4v) is 3.63. The van der Waals surface area contributed by atoms with E-state index >= 15 is 0 Å². The molecule has 0 N–H and O–H groups in total. The SMILES string of the molecule is CC1CCN(C(=O)CC2CCCCC2)CC1Br. The molecule has 0 bridgehead atoms. The molecule has 2 aliphatic rings. The van der Waals surface area contributed by atoms with Gasteiger partial charge in [0.1, 0.15) is 0 Å². The van der Waals surface area contributed by atoms with Crippen LogP contribution in [0.3, 0.4) is 0 Å². The lowest BCUT2D eigenvalue weighted by Gasteiger charge is -2.35. The first-order valence-electron chi connectivity index (χ1n) is 7.08. The van der Waals surface area contributed by atoms with Gasteiger partial charge in [-0.15, -0.1) is 0 Å². The van der Waals surface area contributed by atoms with Crippen molar-refractivity contribution in [3.8, 4) is 0 Å². The highest BCUT2D eigenvalue weighted by Crippen LogP contribution is 2.28. The molecular formula is C14H24BrNO. The molecule has 1 heterocycles. The second-order valence-electron chi connectivity index (χ2n) is 5.83. The number of alkyl halides is 1. The molecule has 0 aromatic rings. The standard InChI is InChI=1S/C14H24BrNO/c1-11-7-8-16(10-13(11)15)14(17)9-12-5-3-2-4-6-12/h11-13H,2-10H2,1H3. The Labute approximate surface area is 113 Å². The summed E-state index contributed by atoms with van der Waals surface area (Å²) in [7, 11) is 0. The second kappa shape index (κ2) is 6.21. The average molecular weight is 302 g/mol. The van der Waals surface area contributed by atoms with Crippen LogP contribution in [0.1, 0.15) is 51.9 Å². The first kappa shape index (κ1) is 13.4. The van der Waals surface area contributed by atoms with Gasteiger partial charge in [0.15, 0.2) is 0 Å². The van der Waals surface area contributed by atoms with Gasteiger partial charge in [-0.25, -0.2) is 0 Å². The number of halogens is 1. The minimum absolute atomic E-state index is 0.397. The monoisotopic (exact) mass is 301 g/mol. The normalized spacial score (nSPS) is 31.5. The molecule has 2 nitrogen and oxygen atoms in total. The van der Waals surface area contributed by atoms with Crippen molar-refractivity contribution < 1.29 is 4.79 Å². The molecule has 0 aromatic heterocycles. The number of piperidine rings is 1. The predicted molar refractivity (Wildman–Crippen MR) is 74.3 cm³/mol. The number of rotatable bonds is 2. The van der Waals surface area contributed by atoms with Crippen LogP contribution >= 0.6 is 15.9 Å². The van der Waals surface area contributed by atoms with Gasteiger partial charge < -0.3 is 4.90 Å². The van der Waals surface area contributed by atoms with Crippen molar-refractivity contribution >= 4 is 21.8 Å². The van der Waals surface area contributed by atoms with Crippen molar-refractivity contribution in [2.24, 2.45) is 11.8 Å². The van der Waals surface area contributed by atoms with Gasteiger partial charge in [-0.3, -0.25) is 4.79 Å². The van der Waals surface area contributed by atoms with E-state index in [0.29, 0.717) is 22.6 Å². The van der Waals surface area contributed by atoms with Crippen molar-refractivity contribution in [2.75, 3.05) is 13.1 Å². The van der Waals surface area contributed by atoms with Crippen molar-refractivity contribution in [3.63, 3.8) is 0 Å². The summed E-state index contributed by atoms with van der Waals surface area (Å²) in [6, 6.07) is 0. The minimum atomic E-state index is 0.397. The van der Waals surface area contributed by atoms with Crippen LogP contribution in [0.5, 0.6) is 0 Å². The average Bonchev–Trinajstić information content (AvgIpc) is 2.34. The Morgan fingerprint density at radius 2 is 1.94 bits per heavy atom. The summed E-state index contributed by atoms with van der Waals surface area (Å²) < 4.78 is 0. The fraction of sp³-hybridized carbons (Fsp3) is 0.929. The van der Waals surface area contributed by atoms with Crippen LogP contribution in [-0.2, 0) is 4.79 Å². The summed E-state index contributed by atoms with van der Waals surface area (Å²) in [5.41, 5.74) is 0. The van der Waals surface area contributed by atoms with E-state index in [1.165, 1.54) is 32.1 Å². The van der Waals surface area contributed by atoms with E-state index in [1.807, 2.05) is 0 Å². The molecule has 2 rings (SSSR count). The molecule has 1 saturated carbocycles. The van der Waals surface area contributed by atoms with Crippen LogP contribution < -0.4 is 0 Å². The first-order valence-corrected chi connectivity index (χ1v) is 8.00. The molecule has 2 unspecified atom stereocenters. The highest BCUT2D eigenvalue weighted by Gasteiger charge is 2.28. The van der Waals surface area contributed by atoms with Gasteiger partial charge in [0.25, 0.3) is 0 Å². The number of carbonyl (C=O) groups excluding carboxylic acids is 1. The van der Waals surface area contributed by atoms with E-state index in [0.717, 1.165) is 25.9 Å². The number of nitrogens with zero attached hydrogens (tertiary/aromatic N) is 1. The Bertz CT molecular complexity index is 263. The predicted octanol–water partition coefficient (Wildman–Crippen LogP) is 3.59. The van der Waals surface area contributed by atoms with E-state index in [9.17, 15) is 4.79 Å². The number of carbonyl (C=O) groups is 1. The van der Waals surface area contributed by atoms with E-state index in [1.54, 1.807) is 0 Å². The molecule has 1 saturated heterocycles. The maximum absolute atomic E-state index is 12.2. The number of hydrogen-bond donors (Lipinski definition) is 0. The maximum atomic E-state index is 12.2. The first-order chi connectivity index (χ1) is 8.16. The van der Waals surface area contributed by atoms with Gasteiger partial charge in [0, 0.05) is 24.3 Å². The summed E-state index contributed by atoms with van der Waals surface area (Å²) >= 11 is 3.69. The van der Waals surface area contributed by atoms with Gasteiger partial charge >= 0.3 is 0 Å². The molecule has 17 heavy (non-hydrogen) atoms. The Balaban J connectivity index is 1.79. The topological polar surface area (TPSA) is 20.3 Å². The molecule has 2 fully saturated rings. The lowest BCUT2D eigenvalue weighted by molar-refractivity contribution is -0.133. The molecule has 0 radical (unpaired) electrons. The van der Waals surface area contributed by atoms with Crippen LogP contribution in [0.4, 0.5) is 0 Å². The molecule has 1 aliphatic heterocycles. The van der Waals surface area contributed by atoms with Crippen LogP contribution in [-0.4, -0.2) is 28.7 Å². The Kier molecular flexibility index (Phi) is 4.89. The van der Waals surface area contributed by atoms with Crippen LogP contribution in [0.15, 0.2) is 0 Å². The van der Waals surface area contributed by atoms with Gasteiger partial charge in [-0.05, 0) is 31.1 Å². The van der Waals surface area contributed by atoms with Gasteiger partial charge in [-0.2, -0.15) is 0 Å². The highest BCUT2D eigenvalue weighted by molar-refractivity contribution is 9.09. The summed E-state index contributed by atoms with van der Waals surface area (Å²) in [5.74, 6) is 1.77. The molecule has 0 aromatic carbocycles. The molecule has 3 heteroatoms. The zero-order valence-electron chi connectivity index (χ0n) is 10.8. The lowest BCUT2D eigenvalue weighted by Crippen LogP contribution is -2.44. The smallest absolute Gasteiger partial charge is 0.222 e. The quantitative estimate of drug-likeness (QED) is 0.714. The fourth-order valence-electron chi connectivity index (χ4n) is 3.02. The summed E-state index contributed by atoms with van der Waals surface area (Å²) in [5, 5.41) is 0. The van der Waals surface area contributed by atoms with Crippen molar-refractivity contribution in [1.29, 1.82) is 0 Å². The summed E-state index contributed by atoms with van der Waals surface area (Å²) in [6.07, 6.45) is 8.52.